The molecule has 0 fully saturated rings. The van der Waals surface area contributed by atoms with Crippen LogP contribution in [-0.4, -0.2) is 12.5 Å². The van der Waals surface area contributed by atoms with E-state index in [1.807, 2.05) is 18.2 Å². The second-order valence-electron chi connectivity index (χ2n) is 4.06. The molecule has 0 unspecified atom stereocenters. The third kappa shape index (κ3) is 6.07. The van der Waals surface area contributed by atoms with Gasteiger partial charge >= 0.3 is 5.97 Å². The van der Waals surface area contributed by atoms with Crippen molar-refractivity contribution in [3.05, 3.63) is 35.9 Å². The molecule has 0 spiro atoms. The smallest absolute Gasteiger partial charge is 0.356 e. The fourth-order valence-corrected chi connectivity index (χ4v) is 1.55. The SMILES string of the molecule is CCCCCCCNOC(=O)c1ccccc1. The van der Waals surface area contributed by atoms with E-state index < -0.39 is 0 Å². The lowest BCUT2D eigenvalue weighted by Crippen LogP contribution is -2.21. The number of hydrogen-bond acceptors (Lipinski definition) is 3. The molecular formula is C14H21NO2. The van der Waals surface area contributed by atoms with Crippen LogP contribution in [-0.2, 0) is 4.84 Å². The molecule has 0 aliphatic carbocycles. The number of carbonyl (C=O) groups is 1. The number of carbonyl (C=O) groups excluding carboxylic acids is 1. The van der Waals surface area contributed by atoms with Crippen molar-refractivity contribution in [1.29, 1.82) is 0 Å². The second kappa shape index (κ2) is 8.76. The summed E-state index contributed by atoms with van der Waals surface area (Å²) < 4.78 is 0. The Bertz CT molecular complexity index is 311. The van der Waals surface area contributed by atoms with Gasteiger partial charge in [0.25, 0.3) is 0 Å². The summed E-state index contributed by atoms with van der Waals surface area (Å²) in [6.07, 6.45) is 6.01. The van der Waals surface area contributed by atoms with Crippen molar-refractivity contribution in [2.24, 2.45) is 0 Å². The van der Waals surface area contributed by atoms with Gasteiger partial charge in [0.15, 0.2) is 0 Å². The minimum Gasteiger partial charge on any atom is -0.367 e. The Kier molecular flexibility index (Phi) is 7.07. The van der Waals surface area contributed by atoms with Crippen LogP contribution in [0.25, 0.3) is 0 Å². The highest BCUT2D eigenvalue weighted by Gasteiger charge is 2.04. The van der Waals surface area contributed by atoms with Crippen LogP contribution < -0.4 is 5.48 Å². The summed E-state index contributed by atoms with van der Waals surface area (Å²) in [5, 5.41) is 0. The molecule has 1 aromatic carbocycles. The molecule has 0 atom stereocenters. The summed E-state index contributed by atoms with van der Waals surface area (Å²) in [6.45, 7) is 2.92. The van der Waals surface area contributed by atoms with Crippen molar-refractivity contribution in [2.45, 2.75) is 39.0 Å². The van der Waals surface area contributed by atoms with E-state index in [1.165, 1.54) is 25.7 Å². The Morgan fingerprint density at radius 1 is 1.12 bits per heavy atom. The summed E-state index contributed by atoms with van der Waals surface area (Å²) in [4.78, 5) is 16.4. The Morgan fingerprint density at radius 2 is 1.82 bits per heavy atom. The van der Waals surface area contributed by atoms with Crippen molar-refractivity contribution < 1.29 is 9.63 Å². The van der Waals surface area contributed by atoms with E-state index in [2.05, 4.69) is 12.4 Å². The summed E-state index contributed by atoms with van der Waals surface area (Å²) in [6, 6.07) is 9.00. The third-order valence-electron chi connectivity index (χ3n) is 2.56. The summed E-state index contributed by atoms with van der Waals surface area (Å²) in [5.41, 5.74) is 3.29. The maximum atomic E-state index is 11.5. The molecule has 94 valence electrons. The second-order valence-corrected chi connectivity index (χ2v) is 4.06. The van der Waals surface area contributed by atoms with Crippen molar-refractivity contribution in [2.75, 3.05) is 6.54 Å². The highest BCUT2D eigenvalue weighted by molar-refractivity contribution is 5.89. The molecule has 0 saturated carbocycles. The summed E-state index contributed by atoms with van der Waals surface area (Å²) in [5.74, 6) is -0.320. The maximum absolute atomic E-state index is 11.5. The van der Waals surface area contributed by atoms with Crippen molar-refractivity contribution >= 4 is 5.97 Å². The van der Waals surface area contributed by atoms with Crippen LogP contribution in [0.3, 0.4) is 0 Å². The Morgan fingerprint density at radius 3 is 2.53 bits per heavy atom. The van der Waals surface area contributed by atoms with Gasteiger partial charge in [-0.1, -0.05) is 50.8 Å². The fraction of sp³-hybridized carbons (Fsp3) is 0.500. The molecule has 1 N–H and O–H groups in total. The van der Waals surface area contributed by atoms with Crippen LogP contribution in [0, 0.1) is 0 Å². The summed E-state index contributed by atoms with van der Waals surface area (Å²) >= 11 is 0. The number of hydrogen-bond donors (Lipinski definition) is 1. The quantitative estimate of drug-likeness (QED) is 0.555. The average molecular weight is 235 g/mol. The predicted molar refractivity (Wildman–Crippen MR) is 68.6 cm³/mol. The van der Waals surface area contributed by atoms with E-state index >= 15 is 0 Å². The molecule has 0 heterocycles. The standard InChI is InChI=1S/C14H21NO2/c1-2-3-4-5-9-12-15-17-14(16)13-10-7-6-8-11-13/h6-8,10-11,15H,2-5,9,12H2,1H3. The molecule has 1 rings (SSSR count). The van der Waals surface area contributed by atoms with Gasteiger partial charge in [0, 0.05) is 6.54 Å². The zero-order valence-electron chi connectivity index (χ0n) is 10.4. The Hall–Kier alpha value is -1.35. The molecule has 0 saturated heterocycles. The van der Waals surface area contributed by atoms with Gasteiger partial charge in [-0.05, 0) is 18.6 Å². The lowest BCUT2D eigenvalue weighted by molar-refractivity contribution is 0.0251. The molecule has 0 amide bonds. The number of benzene rings is 1. The van der Waals surface area contributed by atoms with E-state index in [9.17, 15) is 4.79 Å². The van der Waals surface area contributed by atoms with Crippen LogP contribution in [0.15, 0.2) is 30.3 Å². The lowest BCUT2D eigenvalue weighted by Gasteiger charge is -2.05. The monoisotopic (exact) mass is 235 g/mol. The molecule has 0 aliphatic heterocycles. The third-order valence-corrected chi connectivity index (χ3v) is 2.56. The first kappa shape index (κ1) is 13.7. The van der Waals surface area contributed by atoms with Crippen molar-refractivity contribution in [3.8, 4) is 0 Å². The van der Waals surface area contributed by atoms with Gasteiger partial charge < -0.3 is 4.84 Å². The highest BCUT2D eigenvalue weighted by Crippen LogP contribution is 2.02. The first-order valence-corrected chi connectivity index (χ1v) is 6.33. The zero-order valence-corrected chi connectivity index (χ0v) is 10.4. The van der Waals surface area contributed by atoms with Gasteiger partial charge in [-0.15, -0.1) is 0 Å². The molecule has 3 nitrogen and oxygen atoms in total. The summed E-state index contributed by atoms with van der Waals surface area (Å²) in [7, 11) is 0. The predicted octanol–water partition coefficient (Wildman–Crippen LogP) is 3.32. The lowest BCUT2D eigenvalue weighted by atomic mass is 10.2. The minimum absolute atomic E-state index is 0.320. The Labute approximate surface area is 103 Å². The van der Waals surface area contributed by atoms with Gasteiger partial charge in [0.2, 0.25) is 0 Å². The van der Waals surface area contributed by atoms with Crippen LogP contribution >= 0.6 is 0 Å². The Balaban J connectivity index is 2.05. The van der Waals surface area contributed by atoms with E-state index in [4.69, 9.17) is 4.84 Å². The van der Waals surface area contributed by atoms with Crippen LogP contribution in [0.4, 0.5) is 0 Å². The molecule has 0 aliphatic rings. The number of hydroxylamine groups is 1. The normalized spacial score (nSPS) is 10.2. The first-order valence-electron chi connectivity index (χ1n) is 6.33. The van der Waals surface area contributed by atoms with Gasteiger partial charge in [0.1, 0.15) is 0 Å². The van der Waals surface area contributed by atoms with Gasteiger partial charge in [-0.3, -0.25) is 0 Å². The first-order chi connectivity index (χ1) is 8.34. The molecular weight excluding hydrogens is 214 g/mol. The van der Waals surface area contributed by atoms with Crippen molar-refractivity contribution in [3.63, 3.8) is 0 Å². The van der Waals surface area contributed by atoms with E-state index in [1.54, 1.807) is 12.1 Å². The molecule has 3 heteroatoms. The highest BCUT2D eigenvalue weighted by atomic mass is 16.7. The maximum Gasteiger partial charge on any atom is 0.356 e. The zero-order chi connectivity index (χ0) is 12.3. The topological polar surface area (TPSA) is 38.3 Å². The number of rotatable bonds is 8. The van der Waals surface area contributed by atoms with Crippen LogP contribution in [0.2, 0.25) is 0 Å². The van der Waals surface area contributed by atoms with Gasteiger partial charge in [-0.2, -0.15) is 5.48 Å². The van der Waals surface area contributed by atoms with Crippen LogP contribution in [0.1, 0.15) is 49.4 Å². The molecule has 0 aromatic heterocycles. The minimum atomic E-state index is -0.320. The van der Waals surface area contributed by atoms with Gasteiger partial charge in [-0.25, -0.2) is 4.79 Å². The molecule has 1 aromatic rings. The van der Waals surface area contributed by atoms with Gasteiger partial charge in [0.05, 0.1) is 5.56 Å². The molecule has 0 radical (unpaired) electrons. The van der Waals surface area contributed by atoms with Crippen molar-refractivity contribution in [1.82, 2.24) is 5.48 Å². The molecule has 0 bridgehead atoms. The number of unbranched alkanes of at least 4 members (excludes halogenated alkanes) is 4. The van der Waals surface area contributed by atoms with E-state index in [0.29, 0.717) is 5.56 Å². The largest absolute Gasteiger partial charge is 0.367 e. The number of nitrogens with one attached hydrogen (secondary N) is 1. The molecule has 17 heavy (non-hydrogen) atoms. The average Bonchev–Trinajstić information content (AvgIpc) is 2.38. The van der Waals surface area contributed by atoms with Crippen LogP contribution in [0.5, 0.6) is 0 Å². The fourth-order valence-electron chi connectivity index (χ4n) is 1.55. The van der Waals surface area contributed by atoms with E-state index in [-0.39, 0.29) is 5.97 Å². The van der Waals surface area contributed by atoms with E-state index in [0.717, 1.165) is 13.0 Å².